The Morgan fingerprint density at radius 2 is 1.96 bits per heavy atom. The summed E-state index contributed by atoms with van der Waals surface area (Å²) in [6, 6.07) is 6.52. The lowest BCUT2D eigenvalue weighted by Crippen LogP contribution is -1.97. The van der Waals surface area contributed by atoms with Gasteiger partial charge in [-0.05, 0) is 55.7 Å². The Balaban J connectivity index is 3.50. The van der Waals surface area contributed by atoms with Crippen LogP contribution in [-0.2, 0) is 0 Å². The first-order chi connectivity index (χ1) is 11.0. The number of rotatable bonds is 6. The number of benzene rings is 1. The second kappa shape index (κ2) is 9.46. The molecule has 0 saturated heterocycles. The Morgan fingerprint density at radius 1 is 1.22 bits per heavy atom. The van der Waals surface area contributed by atoms with Crippen molar-refractivity contribution in [2.24, 2.45) is 9.98 Å². The summed E-state index contributed by atoms with van der Waals surface area (Å²) in [6.45, 7) is 9.69. The first kappa shape index (κ1) is 18.5. The van der Waals surface area contributed by atoms with Gasteiger partial charge in [-0.15, -0.1) is 0 Å². The fourth-order valence-corrected chi connectivity index (χ4v) is 2.14. The number of hydrogen-bond acceptors (Lipinski definition) is 2. The number of halogens is 1. The van der Waals surface area contributed by atoms with Crippen LogP contribution in [0.2, 0.25) is 0 Å². The van der Waals surface area contributed by atoms with E-state index in [-0.39, 0.29) is 5.82 Å². The minimum Gasteiger partial charge on any atom is -0.296 e. The molecule has 0 unspecified atom stereocenters. The minimum atomic E-state index is -0.261. The molecule has 0 radical (unpaired) electrons. The Morgan fingerprint density at radius 3 is 2.52 bits per heavy atom. The van der Waals surface area contributed by atoms with E-state index in [1.165, 1.54) is 12.1 Å². The van der Waals surface area contributed by atoms with Crippen molar-refractivity contribution < 1.29 is 4.39 Å². The summed E-state index contributed by atoms with van der Waals surface area (Å²) < 4.78 is 13.5. The molecule has 2 nitrogen and oxygen atoms in total. The molecule has 0 aliphatic carbocycles. The van der Waals surface area contributed by atoms with E-state index >= 15 is 0 Å². The van der Waals surface area contributed by atoms with Crippen molar-refractivity contribution in [2.45, 2.75) is 20.8 Å². The molecule has 0 N–H and O–H groups in total. The van der Waals surface area contributed by atoms with Gasteiger partial charge in [-0.1, -0.05) is 30.9 Å². The maximum atomic E-state index is 13.5. The molecule has 1 aromatic carbocycles. The maximum absolute atomic E-state index is 13.5. The molecule has 120 valence electrons. The molecule has 23 heavy (non-hydrogen) atoms. The van der Waals surface area contributed by atoms with Crippen molar-refractivity contribution in [2.75, 3.05) is 7.05 Å². The zero-order valence-corrected chi connectivity index (χ0v) is 14.2. The molecule has 0 aliphatic heterocycles. The number of hydrogen-bond donors (Lipinski definition) is 0. The van der Waals surface area contributed by atoms with Crippen LogP contribution < -0.4 is 0 Å². The molecule has 1 aromatic rings. The van der Waals surface area contributed by atoms with Gasteiger partial charge in [-0.3, -0.25) is 9.98 Å². The third kappa shape index (κ3) is 5.29. The average Bonchev–Trinajstić information content (AvgIpc) is 2.54. The van der Waals surface area contributed by atoms with Gasteiger partial charge >= 0.3 is 0 Å². The van der Waals surface area contributed by atoms with Crippen LogP contribution in [0.3, 0.4) is 0 Å². The zero-order valence-electron chi connectivity index (χ0n) is 14.2. The van der Waals surface area contributed by atoms with E-state index in [0.717, 1.165) is 28.0 Å². The summed E-state index contributed by atoms with van der Waals surface area (Å²) in [5, 5.41) is 0. The van der Waals surface area contributed by atoms with Crippen molar-refractivity contribution in [3.63, 3.8) is 0 Å². The van der Waals surface area contributed by atoms with Crippen molar-refractivity contribution in [3.8, 4) is 0 Å². The smallest absolute Gasteiger partial charge is 0.123 e. The van der Waals surface area contributed by atoms with Gasteiger partial charge in [0.25, 0.3) is 0 Å². The molecular formula is C20H23FN2. The largest absolute Gasteiger partial charge is 0.296 e. The summed E-state index contributed by atoms with van der Waals surface area (Å²) in [7, 11) is 1.71. The molecule has 0 atom stereocenters. The standard InChI is InChI=1S/C20H23FN2/c1-6-8-12-23-16(4)20(14-22-5)19(7-2)15(3)17-10-9-11-18(21)13-17/h6-14H,2H2,1,3-5H3/b8-6-,19-15-,20-16-,22-14?,23-12-. The maximum Gasteiger partial charge on any atom is 0.123 e. The van der Waals surface area contributed by atoms with Crippen LogP contribution in [0, 0.1) is 5.82 Å². The summed E-state index contributed by atoms with van der Waals surface area (Å²) in [5.74, 6) is -0.261. The fraction of sp³-hybridized carbons (Fsp3) is 0.200. The SMILES string of the molecule is C=CC(=C(\C)c1cccc(F)c1)/C(C=NC)=C(C)\N=C/C=C\C. The third-order valence-corrected chi connectivity index (χ3v) is 3.35. The lowest BCUT2D eigenvalue weighted by atomic mass is 9.95. The molecule has 1 rings (SSSR count). The van der Waals surface area contributed by atoms with E-state index in [1.807, 2.05) is 39.0 Å². The normalized spacial score (nSPS) is 14.5. The van der Waals surface area contributed by atoms with Crippen LogP contribution in [0.4, 0.5) is 4.39 Å². The molecule has 3 heteroatoms. The minimum absolute atomic E-state index is 0.261. The quantitative estimate of drug-likeness (QED) is 0.496. The van der Waals surface area contributed by atoms with Crippen molar-refractivity contribution >= 4 is 18.0 Å². The van der Waals surface area contributed by atoms with Crippen LogP contribution in [0.15, 0.2) is 75.9 Å². The second-order valence-electron chi connectivity index (χ2n) is 4.94. The van der Waals surface area contributed by atoms with E-state index < -0.39 is 0 Å². The Hall–Kier alpha value is -2.55. The average molecular weight is 310 g/mol. The summed E-state index contributed by atoms with van der Waals surface area (Å²) in [6.07, 6.45) is 9.01. The topological polar surface area (TPSA) is 24.7 Å². The Kier molecular flexibility index (Phi) is 7.61. The number of aliphatic imine (C=N–C) groups is 2. The van der Waals surface area contributed by atoms with Gasteiger partial charge in [0.05, 0.1) is 0 Å². The van der Waals surface area contributed by atoms with Crippen LogP contribution in [0.25, 0.3) is 5.57 Å². The van der Waals surface area contributed by atoms with Crippen LogP contribution in [0.5, 0.6) is 0 Å². The highest BCUT2D eigenvalue weighted by atomic mass is 19.1. The molecule has 0 spiro atoms. The predicted molar refractivity (Wildman–Crippen MR) is 99.6 cm³/mol. The van der Waals surface area contributed by atoms with Crippen molar-refractivity contribution in [3.05, 3.63) is 77.3 Å². The number of allylic oxidation sites excluding steroid dienone is 7. The molecule has 0 fully saturated rings. The summed E-state index contributed by atoms with van der Waals surface area (Å²) in [4.78, 5) is 8.53. The monoisotopic (exact) mass is 310 g/mol. The highest BCUT2D eigenvalue weighted by Crippen LogP contribution is 2.26. The van der Waals surface area contributed by atoms with Crippen LogP contribution in [0.1, 0.15) is 26.3 Å². The molecular weight excluding hydrogens is 287 g/mol. The van der Waals surface area contributed by atoms with E-state index in [1.54, 1.807) is 31.6 Å². The molecule has 0 aliphatic rings. The third-order valence-electron chi connectivity index (χ3n) is 3.35. The molecule has 0 aromatic heterocycles. The van der Waals surface area contributed by atoms with Gasteiger partial charge in [0.2, 0.25) is 0 Å². The van der Waals surface area contributed by atoms with Crippen LogP contribution >= 0.6 is 0 Å². The fourth-order valence-electron chi connectivity index (χ4n) is 2.14. The van der Waals surface area contributed by atoms with Gasteiger partial charge in [0, 0.05) is 30.7 Å². The Labute approximate surface area is 138 Å². The Bertz CT molecular complexity index is 704. The summed E-state index contributed by atoms with van der Waals surface area (Å²) >= 11 is 0. The molecule has 0 saturated carbocycles. The molecule has 0 amide bonds. The van der Waals surface area contributed by atoms with Gasteiger partial charge in [-0.25, -0.2) is 4.39 Å². The van der Waals surface area contributed by atoms with Crippen molar-refractivity contribution in [1.29, 1.82) is 0 Å². The molecule has 0 bridgehead atoms. The van der Waals surface area contributed by atoms with Crippen LogP contribution in [-0.4, -0.2) is 19.5 Å². The van der Waals surface area contributed by atoms with E-state index in [4.69, 9.17) is 0 Å². The lowest BCUT2D eigenvalue weighted by molar-refractivity contribution is 0.627. The van der Waals surface area contributed by atoms with Crippen molar-refractivity contribution in [1.82, 2.24) is 0 Å². The predicted octanol–water partition coefficient (Wildman–Crippen LogP) is 5.41. The molecule has 0 heterocycles. The first-order valence-electron chi connectivity index (χ1n) is 7.43. The van der Waals surface area contributed by atoms with E-state index in [9.17, 15) is 4.39 Å². The highest BCUT2D eigenvalue weighted by molar-refractivity contribution is 5.92. The zero-order chi connectivity index (χ0) is 17.2. The van der Waals surface area contributed by atoms with Gasteiger partial charge < -0.3 is 0 Å². The van der Waals surface area contributed by atoms with E-state index in [0.29, 0.717) is 0 Å². The second-order valence-corrected chi connectivity index (χ2v) is 4.94. The van der Waals surface area contributed by atoms with E-state index in [2.05, 4.69) is 16.6 Å². The first-order valence-corrected chi connectivity index (χ1v) is 7.43. The van der Waals surface area contributed by atoms with Gasteiger partial charge in [-0.2, -0.15) is 0 Å². The number of nitrogens with zero attached hydrogens (tertiary/aromatic N) is 2. The highest BCUT2D eigenvalue weighted by Gasteiger charge is 2.09. The lowest BCUT2D eigenvalue weighted by Gasteiger charge is -2.12. The summed E-state index contributed by atoms with van der Waals surface area (Å²) in [5.41, 5.74) is 4.31. The van der Waals surface area contributed by atoms with Gasteiger partial charge in [0.1, 0.15) is 5.82 Å². The van der Waals surface area contributed by atoms with Gasteiger partial charge in [0.15, 0.2) is 0 Å².